The molecule has 5 N–H and O–H groups in total. The van der Waals surface area contributed by atoms with Crippen LogP contribution in [0.3, 0.4) is 0 Å². The molecule has 0 radical (unpaired) electrons. The quantitative estimate of drug-likeness (QED) is 0.207. The Morgan fingerprint density at radius 1 is 0.542 bits per heavy atom. The van der Waals surface area contributed by atoms with Crippen LogP contribution in [0.2, 0.25) is 36.3 Å². The Morgan fingerprint density at radius 3 is 1.15 bits per heavy atom. The van der Waals surface area contributed by atoms with E-state index in [1.54, 1.807) is 76.2 Å². The van der Waals surface area contributed by atoms with Crippen LogP contribution in [0.5, 0.6) is 0 Å². The Kier molecular flexibility index (Phi) is 16.9. The lowest BCUT2D eigenvalue weighted by atomic mass is 9.97. The molecule has 2 rings (SSSR count). The van der Waals surface area contributed by atoms with Crippen LogP contribution >= 0.6 is 0 Å². The zero-order valence-electron chi connectivity index (χ0n) is 40.0. The van der Waals surface area contributed by atoms with Crippen LogP contribution < -0.4 is 26.6 Å². The van der Waals surface area contributed by atoms with Crippen molar-refractivity contribution in [2.24, 2.45) is 17.8 Å². The van der Waals surface area contributed by atoms with E-state index in [9.17, 15) is 28.8 Å². The first-order chi connectivity index (χ1) is 26.5. The van der Waals surface area contributed by atoms with Gasteiger partial charge in [-0.1, -0.05) is 83.1 Å². The zero-order valence-corrected chi connectivity index (χ0v) is 42.0. The van der Waals surface area contributed by atoms with Crippen molar-refractivity contribution in [2.45, 2.75) is 214 Å². The summed E-state index contributed by atoms with van der Waals surface area (Å²) in [4.78, 5) is 88.4. The van der Waals surface area contributed by atoms with Crippen LogP contribution in [0.4, 0.5) is 0 Å². The van der Waals surface area contributed by atoms with Gasteiger partial charge in [-0.05, 0) is 88.6 Å². The normalized spacial score (nSPS) is 28.6. The lowest BCUT2D eigenvalue weighted by Gasteiger charge is -2.41. The topological polar surface area (TPSA) is 193 Å². The first-order valence-electron chi connectivity index (χ1n) is 21.4. The number of nitrogens with one attached hydrogen (secondary N) is 5. The summed E-state index contributed by atoms with van der Waals surface area (Å²) in [7, 11) is -5.05. The Bertz CT molecular complexity index is 1550. The monoisotopic (exact) mass is 869 g/mol. The van der Waals surface area contributed by atoms with Gasteiger partial charge in [-0.3, -0.25) is 33.7 Å². The molecule has 2 heterocycles. The summed E-state index contributed by atoms with van der Waals surface area (Å²) in [5.41, 5.74) is -1.29. The van der Waals surface area contributed by atoms with Gasteiger partial charge < -0.3 is 40.2 Å². The Labute approximate surface area is 357 Å². The second-order valence-corrected chi connectivity index (χ2v) is 30.8. The van der Waals surface area contributed by atoms with Crippen LogP contribution in [0, 0.1) is 17.8 Å². The first kappa shape index (κ1) is 52.3. The Balaban J connectivity index is 2.91. The smallest absolute Gasteiger partial charge is 0.248 e. The van der Waals surface area contributed by atoms with Crippen molar-refractivity contribution in [3.05, 3.63) is 0 Å². The molecule has 2 aliphatic heterocycles. The minimum Gasteiger partial charge on any atom is -0.412 e. The number of carbonyl (C=O) groups excluding carboxylic acids is 6. The van der Waals surface area contributed by atoms with Crippen molar-refractivity contribution >= 4 is 52.1 Å². The van der Waals surface area contributed by atoms with Crippen molar-refractivity contribution in [2.75, 3.05) is 0 Å². The maximum atomic E-state index is 14.8. The summed E-state index contributed by atoms with van der Waals surface area (Å²) < 4.78 is 19.5. The summed E-state index contributed by atoms with van der Waals surface area (Å²) in [6.45, 7) is 39.6. The molecule has 0 aromatic carbocycles. The van der Waals surface area contributed by atoms with Crippen molar-refractivity contribution in [1.82, 2.24) is 31.5 Å². The van der Waals surface area contributed by atoms with Crippen molar-refractivity contribution in [1.29, 1.82) is 0 Å². The van der Waals surface area contributed by atoms with Gasteiger partial charge in [-0.2, -0.15) is 0 Å². The van der Waals surface area contributed by atoms with E-state index in [4.69, 9.17) is 13.6 Å². The third kappa shape index (κ3) is 12.4. The van der Waals surface area contributed by atoms with E-state index in [-0.39, 0.29) is 10.1 Å². The number of ether oxygens (including phenoxy) is 1. The summed E-state index contributed by atoms with van der Waals surface area (Å²) in [6, 6.07) is -7.24. The summed E-state index contributed by atoms with van der Waals surface area (Å²) in [6.07, 6.45) is -2.51. The van der Waals surface area contributed by atoms with Gasteiger partial charge in [-0.15, -0.1) is 0 Å². The number of carbonyl (C=O) groups is 6. The second kappa shape index (κ2) is 19.0. The van der Waals surface area contributed by atoms with E-state index in [1.807, 2.05) is 26.2 Å². The number of fused-ring (bicyclic) bond motifs is 1. The van der Waals surface area contributed by atoms with Gasteiger partial charge in [0, 0.05) is 0 Å². The first-order valence-corrected chi connectivity index (χ1v) is 27.2. The minimum atomic E-state index is -2.53. The zero-order chi connectivity index (χ0) is 46.1. The number of hydrogen-bond donors (Lipinski definition) is 5. The molecule has 59 heavy (non-hydrogen) atoms. The van der Waals surface area contributed by atoms with Crippen LogP contribution in [-0.2, 0) is 42.4 Å². The third-order valence-corrected chi connectivity index (χ3v) is 21.8. The van der Waals surface area contributed by atoms with E-state index >= 15 is 0 Å². The number of rotatable bonds is 9. The van der Waals surface area contributed by atoms with E-state index in [0.29, 0.717) is 0 Å². The highest BCUT2D eigenvalue weighted by Crippen LogP contribution is 2.39. The molecule has 0 aromatic rings. The van der Waals surface area contributed by atoms with Gasteiger partial charge in [0.25, 0.3) is 0 Å². The molecule has 340 valence electrons. The van der Waals surface area contributed by atoms with Crippen LogP contribution in [0.25, 0.3) is 0 Å². The molecule has 0 aromatic heterocycles. The molecule has 0 unspecified atom stereocenters. The number of nitrogens with zero attached hydrogens (tertiary/aromatic N) is 1. The fraction of sp³-hybridized carbons (Fsp3) is 0.857. The van der Waals surface area contributed by atoms with E-state index in [2.05, 4.69) is 68.1 Å². The van der Waals surface area contributed by atoms with Crippen LogP contribution in [-0.4, -0.2) is 117 Å². The maximum Gasteiger partial charge on any atom is 0.248 e. The molecule has 6 amide bonds. The lowest BCUT2D eigenvalue weighted by Crippen LogP contribution is -2.67. The summed E-state index contributed by atoms with van der Waals surface area (Å²) in [5, 5.41) is 13.9. The maximum absolute atomic E-state index is 14.8. The molecule has 2 aliphatic rings. The molecule has 0 bridgehead atoms. The van der Waals surface area contributed by atoms with Gasteiger partial charge in [0.1, 0.15) is 42.0 Å². The highest BCUT2D eigenvalue weighted by atomic mass is 28.4. The predicted octanol–water partition coefficient (Wildman–Crippen LogP) is 4.56. The standard InChI is InChI=1S/C42H80N6O9Si2/c1-22(2)28-34(49)47-32(26(8)57-59(20,21)41(13,14)15)37(52)45-30(24(5)6)39(54)48-33(27(9)55-42(48,16)17)38(53)44-29(23(3)4)35(50)46-31(36(51)43-28)25(7)56-58(18,19)40(10,11)12/h22-33H,1-21H3,(H,43,51)(H,44,53)(H,45,52)(H,46,50)(H,47,49)/t25-,26-,27-,28+,29+,30+,31+,32+,33+/m1/s1. The van der Waals surface area contributed by atoms with Crippen molar-refractivity contribution < 1.29 is 42.4 Å². The molecule has 2 saturated heterocycles. The fourth-order valence-corrected chi connectivity index (χ4v) is 9.85. The molecule has 2 fully saturated rings. The third-order valence-electron chi connectivity index (χ3n) is 12.7. The molecular formula is C42H80N6O9Si2. The van der Waals surface area contributed by atoms with E-state index in [0.717, 1.165) is 0 Å². The van der Waals surface area contributed by atoms with Crippen LogP contribution in [0.15, 0.2) is 0 Å². The van der Waals surface area contributed by atoms with Gasteiger partial charge in [0.05, 0.1) is 18.3 Å². The summed E-state index contributed by atoms with van der Waals surface area (Å²) in [5.74, 6) is -5.22. The van der Waals surface area contributed by atoms with Gasteiger partial charge >= 0.3 is 0 Å². The van der Waals surface area contributed by atoms with Gasteiger partial charge in [-0.25, -0.2) is 0 Å². The SMILES string of the molecule is CC(C)[C@@H]1NC(=O)[C@H]([C@@H](C)O[Si](C)(C)C(C)(C)C)NC(=O)[C@H](C(C)C)NC(=O)[C@@H]2[C@@H](C)OC(C)(C)N2C(=O)[C@H](C(C)C)NC(=O)[C@H]([C@@H](C)O[Si](C)(C)C(C)(C)C)NC1=O. The number of hydrogen-bond acceptors (Lipinski definition) is 9. The largest absolute Gasteiger partial charge is 0.412 e. The molecular weight excluding hydrogens is 789 g/mol. The molecule has 0 aliphatic carbocycles. The Morgan fingerprint density at radius 2 is 0.831 bits per heavy atom. The van der Waals surface area contributed by atoms with E-state index < -0.39 is 130 Å². The highest BCUT2D eigenvalue weighted by Gasteiger charge is 2.54. The van der Waals surface area contributed by atoms with Gasteiger partial charge in [0.15, 0.2) is 16.6 Å². The predicted molar refractivity (Wildman–Crippen MR) is 235 cm³/mol. The van der Waals surface area contributed by atoms with Crippen LogP contribution in [0.1, 0.15) is 118 Å². The van der Waals surface area contributed by atoms with E-state index in [1.165, 1.54) is 4.90 Å². The average molecular weight is 869 g/mol. The molecule has 9 atom stereocenters. The van der Waals surface area contributed by atoms with Crippen molar-refractivity contribution in [3.8, 4) is 0 Å². The lowest BCUT2D eigenvalue weighted by molar-refractivity contribution is -0.155. The number of amides is 6. The fourth-order valence-electron chi connectivity index (χ4n) is 7.01. The Hall–Kier alpha value is -2.87. The average Bonchev–Trinajstić information content (AvgIpc) is 3.30. The molecule has 15 nitrogen and oxygen atoms in total. The van der Waals surface area contributed by atoms with Gasteiger partial charge in [0.2, 0.25) is 35.4 Å². The minimum absolute atomic E-state index is 0.240. The summed E-state index contributed by atoms with van der Waals surface area (Å²) >= 11 is 0. The molecule has 0 saturated carbocycles. The van der Waals surface area contributed by atoms with Crippen molar-refractivity contribution in [3.63, 3.8) is 0 Å². The second-order valence-electron chi connectivity index (χ2n) is 21.3. The molecule has 17 heteroatoms. The molecule has 0 spiro atoms. The highest BCUT2D eigenvalue weighted by molar-refractivity contribution is 6.74.